The molecule has 0 unspecified atom stereocenters. The van der Waals surface area contributed by atoms with Crippen molar-refractivity contribution in [3.63, 3.8) is 0 Å². The first-order valence-electron chi connectivity index (χ1n) is 4.08. The maximum Gasteiger partial charge on any atom is 0.389 e. The Hall–Kier alpha value is -1.60. The van der Waals surface area contributed by atoms with E-state index in [1.807, 2.05) is 0 Å². The fourth-order valence-corrected chi connectivity index (χ4v) is 0.947. The van der Waals surface area contributed by atoms with E-state index >= 15 is 0 Å². The first kappa shape index (κ1) is 11.5. The van der Waals surface area contributed by atoms with Crippen molar-refractivity contribution >= 4 is 5.97 Å². The second-order valence-corrected chi connectivity index (χ2v) is 2.89. The van der Waals surface area contributed by atoms with Gasteiger partial charge in [0, 0.05) is 13.0 Å². The molecule has 0 aliphatic rings. The molecular formula is C7H8F3N3O2. The first-order valence-corrected chi connectivity index (χ1v) is 4.08. The summed E-state index contributed by atoms with van der Waals surface area (Å²) in [5, 5.41) is 15.1. The van der Waals surface area contributed by atoms with E-state index < -0.39 is 18.6 Å². The lowest BCUT2D eigenvalue weighted by atomic mass is 10.3. The number of carboxylic acid groups (broad SMARTS) is 1. The molecular weight excluding hydrogens is 215 g/mol. The van der Waals surface area contributed by atoms with Gasteiger partial charge in [0.15, 0.2) is 5.69 Å². The monoisotopic (exact) mass is 223 g/mol. The fourth-order valence-electron chi connectivity index (χ4n) is 0.947. The van der Waals surface area contributed by atoms with Gasteiger partial charge in [0.05, 0.1) is 6.20 Å². The van der Waals surface area contributed by atoms with Crippen molar-refractivity contribution in [3.05, 3.63) is 11.9 Å². The van der Waals surface area contributed by atoms with Gasteiger partial charge in [0.1, 0.15) is 0 Å². The molecule has 0 radical (unpaired) electrons. The Bertz CT molecular complexity index is 347. The highest BCUT2D eigenvalue weighted by molar-refractivity contribution is 5.84. The minimum Gasteiger partial charge on any atom is -0.476 e. The summed E-state index contributed by atoms with van der Waals surface area (Å²) in [5.41, 5.74) is -0.276. The lowest BCUT2D eigenvalue weighted by molar-refractivity contribution is -0.136. The Labute approximate surface area is 82.5 Å². The molecule has 0 fully saturated rings. The van der Waals surface area contributed by atoms with Crippen molar-refractivity contribution in [1.29, 1.82) is 0 Å². The standard InChI is InChI=1S/C7H8F3N3O2/c8-7(9,10)2-1-3-13-4-5(6(14)15)11-12-13/h4H,1-3H2,(H,14,15). The van der Waals surface area contributed by atoms with E-state index in [1.165, 1.54) is 0 Å². The molecule has 8 heteroatoms. The summed E-state index contributed by atoms with van der Waals surface area (Å²) in [4.78, 5) is 10.4. The Morgan fingerprint density at radius 2 is 2.20 bits per heavy atom. The molecule has 5 nitrogen and oxygen atoms in total. The highest BCUT2D eigenvalue weighted by Crippen LogP contribution is 2.21. The minimum atomic E-state index is -4.20. The van der Waals surface area contributed by atoms with E-state index in [0.29, 0.717) is 0 Å². The molecule has 1 rings (SSSR count). The Balaban J connectivity index is 2.41. The number of hydrogen-bond donors (Lipinski definition) is 1. The van der Waals surface area contributed by atoms with Crippen molar-refractivity contribution in [1.82, 2.24) is 15.0 Å². The van der Waals surface area contributed by atoms with Crippen LogP contribution in [0, 0.1) is 0 Å². The molecule has 0 aliphatic carbocycles. The molecule has 0 saturated carbocycles. The van der Waals surface area contributed by atoms with E-state index in [4.69, 9.17) is 5.11 Å². The summed E-state index contributed by atoms with van der Waals surface area (Å²) in [6.07, 6.45) is -4.17. The Morgan fingerprint density at radius 1 is 1.53 bits per heavy atom. The maximum absolute atomic E-state index is 11.8. The van der Waals surface area contributed by atoms with Gasteiger partial charge in [-0.05, 0) is 6.42 Å². The number of hydrogen-bond acceptors (Lipinski definition) is 3. The largest absolute Gasteiger partial charge is 0.476 e. The number of alkyl halides is 3. The number of aromatic carboxylic acids is 1. The highest BCUT2D eigenvalue weighted by atomic mass is 19.4. The average molecular weight is 223 g/mol. The Kier molecular flexibility index (Phi) is 3.28. The first-order chi connectivity index (χ1) is 6.88. The van der Waals surface area contributed by atoms with E-state index in [9.17, 15) is 18.0 Å². The van der Waals surface area contributed by atoms with Gasteiger partial charge < -0.3 is 5.11 Å². The molecule has 1 N–H and O–H groups in total. The summed E-state index contributed by atoms with van der Waals surface area (Å²) in [6.45, 7) is -0.000208. The van der Waals surface area contributed by atoms with E-state index in [0.717, 1.165) is 10.9 Å². The van der Waals surface area contributed by atoms with E-state index in [1.54, 1.807) is 0 Å². The predicted octanol–water partition coefficient (Wildman–Crippen LogP) is 1.32. The summed E-state index contributed by atoms with van der Waals surface area (Å²) >= 11 is 0. The fraction of sp³-hybridized carbons (Fsp3) is 0.571. The Morgan fingerprint density at radius 3 is 2.67 bits per heavy atom. The molecule has 15 heavy (non-hydrogen) atoms. The van der Waals surface area contributed by atoms with Crippen LogP contribution >= 0.6 is 0 Å². The molecule has 0 aromatic carbocycles. The molecule has 0 saturated heterocycles. The number of carboxylic acids is 1. The second kappa shape index (κ2) is 4.28. The molecule has 1 aromatic heterocycles. The van der Waals surface area contributed by atoms with Gasteiger partial charge in [-0.25, -0.2) is 4.79 Å². The topological polar surface area (TPSA) is 68.0 Å². The van der Waals surface area contributed by atoms with Gasteiger partial charge in [-0.15, -0.1) is 5.10 Å². The lowest BCUT2D eigenvalue weighted by Gasteiger charge is -2.04. The van der Waals surface area contributed by atoms with Crippen LogP contribution in [0.15, 0.2) is 6.20 Å². The number of rotatable bonds is 4. The summed E-state index contributed by atoms with van der Waals surface area (Å²) in [5.74, 6) is -1.25. The predicted molar refractivity (Wildman–Crippen MR) is 42.3 cm³/mol. The lowest BCUT2D eigenvalue weighted by Crippen LogP contribution is -2.09. The quantitative estimate of drug-likeness (QED) is 0.835. The van der Waals surface area contributed by atoms with Crippen LogP contribution < -0.4 is 0 Å². The van der Waals surface area contributed by atoms with Crippen LogP contribution in [0.2, 0.25) is 0 Å². The van der Waals surface area contributed by atoms with Crippen LogP contribution in [-0.4, -0.2) is 32.2 Å². The zero-order valence-electron chi connectivity index (χ0n) is 7.53. The van der Waals surface area contributed by atoms with Crippen LogP contribution in [0.3, 0.4) is 0 Å². The normalized spacial score (nSPS) is 11.7. The number of halogens is 3. The van der Waals surface area contributed by atoms with Crippen LogP contribution in [0.4, 0.5) is 13.2 Å². The SMILES string of the molecule is O=C(O)c1cn(CCCC(F)(F)F)nn1. The van der Waals surface area contributed by atoms with Gasteiger partial charge in [-0.2, -0.15) is 13.2 Å². The third-order valence-corrected chi connectivity index (χ3v) is 1.61. The van der Waals surface area contributed by atoms with Gasteiger partial charge in [-0.3, -0.25) is 4.68 Å². The summed E-state index contributed by atoms with van der Waals surface area (Å²) in [6, 6.07) is 0. The molecule has 84 valence electrons. The number of aromatic nitrogens is 3. The summed E-state index contributed by atoms with van der Waals surface area (Å²) < 4.78 is 36.3. The third-order valence-electron chi connectivity index (χ3n) is 1.61. The van der Waals surface area contributed by atoms with Gasteiger partial charge in [0.25, 0.3) is 0 Å². The number of aryl methyl sites for hydroxylation is 1. The van der Waals surface area contributed by atoms with Crippen molar-refractivity contribution in [2.45, 2.75) is 25.6 Å². The van der Waals surface area contributed by atoms with Crippen LogP contribution in [0.25, 0.3) is 0 Å². The molecule has 0 spiro atoms. The maximum atomic E-state index is 11.8. The number of carbonyl (C=O) groups is 1. The molecule has 1 aromatic rings. The minimum absolute atomic E-state index is 0.000208. The molecule has 0 aliphatic heterocycles. The van der Waals surface area contributed by atoms with Crippen molar-refractivity contribution in [3.8, 4) is 0 Å². The smallest absolute Gasteiger partial charge is 0.389 e. The van der Waals surface area contributed by atoms with E-state index in [-0.39, 0.29) is 18.7 Å². The molecule has 1 heterocycles. The zero-order valence-corrected chi connectivity index (χ0v) is 7.53. The van der Waals surface area contributed by atoms with Crippen LogP contribution in [0.1, 0.15) is 23.3 Å². The van der Waals surface area contributed by atoms with Crippen molar-refractivity contribution in [2.75, 3.05) is 0 Å². The second-order valence-electron chi connectivity index (χ2n) is 2.89. The average Bonchev–Trinajstić information content (AvgIpc) is 2.50. The van der Waals surface area contributed by atoms with Gasteiger partial charge >= 0.3 is 12.1 Å². The molecule has 0 amide bonds. The third kappa shape index (κ3) is 3.96. The molecule has 0 atom stereocenters. The highest BCUT2D eigenvalue weighted by Gasteiger charge is 2.26. The van der Waals surface area contributed by atoms with Crippen molar-refractivity contribution < 1.29 is 23.1 Å². The van der Waals surface area contributed by atoms with E-state index in [2.05, 4.69) is 10.3 Å². The van der Waals surface area contributed by atoms with Gasteiger partial charge in [0.2, 0.25) is 0 Å². The summed E-state index contributed by atoms with van der Waals surface area (Å²) in [7, 11) is 0. The van der Waals surface area contributed by atoms with Crippen molar-refractivity contribution in [2.24, 2.45) is 0 Å². The van der Waals surface area contributed by atoms with Crippen LogP contribution in [0.5, 0.6) is 0 Å². The van der Waals surface area contributed by atoms with Gasteiger partial charge in [-0.1, -0.05) is 5.21 Å². The zero-order chi connectivity index (χ0) is 11.5. The molecule has 0 bridgehead atoms. The van der Waals surface area contributed by atoms with Crippen LogP contribution in [-0.2, 0) is 6.54 Å². The number of nitrogens with zero attached hydrogens (tertiary/aromatic N) is 3.